The topological polar surface area (TPSA) is 134 Å². The fourth-order valence-corrected chi connectivity index (χ4v) is 7.81. The third-order valence-corrected chi connectivity index (χ3v) is 12.3. The second-order valence-corrected chi connectivity index (χ2v) is 19.8. The fourth-order valence-electron chi connectivity index (χ4n) is 7.04. The summed E-state index contributed by atoms with van der Waals surface area (Å²) < 4.78 is 32.9. The van der Waals surface area contributed by atoms with Crippen molar-refractivity contribution in [3.05, 3.63) is 182 Å². The predicted octanol–water partition coefficient (Wildman–Crippen LogP) is 18.8. The third kappa shape index (κ3) is 60.2. The van der Waals surface area contributed by atoms with Gasteiger partial charge in [-0.05, 0) is 135 Å². The summed E-state index contributed by atoms with van der Waals surface area (Å²) in [6.45, 7) is 3.41. The van der Waals surface area contributed by atoms with E-state index in [-0.39, 0.29) is 32.6 Å². The van der Waals surface area contributed by atoms with E-state index in [0.29, 0.717) is 12.8 Å². The molecule has 0 aliphatic carbocycles. The van der Waals surface area contributed by atoms with Crippen LogP contribution in [0.15, 0.2) is 182 Å². The first-order valence-corrected chi connectivity index (χ1v) is 30.8. The number of phosphoric ester groups is 1. The molecule has 0 saturated carbocycles. The molecule has 0 saturated heterocycles. The summed E-state index contributed by atoms with van der Waals surface area (Å²) in [6.07, 6.45) is 91.0. The molecule has 77 heavy (non-hydrogen) atoms. The van der Waals surface area contributed by atoms with E-state index in [0.717, 1.165) is 141 Å². The van der Waals surface area contributed by atoms with E-state index < -0.39 is 32.5 Å². The van der Waals surface area contributed by atoms with Gasteiger partial charge < -0.3 is 20.1 Å². The molecule has 0 rings (SSSR count). The number of ether oxygens (including phenoxy) is 2. The first-order valence-electron chi connectivity index (χ1n) is 29.3. The normalized spacial score (nSPS) is 14.4. The van der Waals surface area contributed by atoms with Crippen LogP contribution in [0, 0.1) is 0 Å². The smallest absolute Gasteiger partial charge is 0.462 e. The van der Waals surface area contributed by atoms with E-state index in [4.69, 9.17) is 24.3 Å². The first kappa shape index (κ1) is 72.1. The van der Waals surface area contributed by atoms with E-state index in [2.05, 4.69) is 196 Å². The molecule has 2 unspecified atom stereocenters. The Morgan fingerprint density at radius 2 is 0.675 bits per heavy atom. The van der Waals surface area contributed by atoms with Crippen molar-refractivity contribution in [1.82, 2.24) is 0 Å². The summed E-state index contributed by atoms with van der Waals surface area (Å²) in [5.41, 5.74) is 5.37. The van der Waals surface area contributed by atoms with Crippen molar-refractivity contribution in [3.8, 4) is 0 Å². The standard InChI is InChI=1S/C67H104NO8P/c1-3-5-7-9-11-13-15-17-19-20-21-22-23-24-25-26-27-28-29-30-31-32-33-34-35-36-37-38-39-40-41-42-43-44-46-48-50-52-54-56-58-60-67(70)76-65(64-75-77(71,72)74-62-61-68)63-73-66(69)59-57-55-53-51-49-47-45-18-16-14-12-10-8-6-4-2/h5-8,11-14,17-19,21-22,24-25,27-28,30-31,33-34,36-37,39-40,42-43,45,49,51,65H,3-4,9-10,15-16,20,23,26,29,32,35,38,41,44,46-48,50,52-64,68H2,1-2H3,(H,71,72)/b7-5-,8-6-,13-11-,14-12-,19-17-,22-21-,25-24-,28-27-,31-30-,34-33-,37-36-,40-39-,43-42-,45-18-,51-49-. The Kier molecular flexibility index (Phi) is 56.5. The van der Waals surface area contributed by atoms with Crippen LogP contribution in [0.1, 0.15) is 194 Å². The maximum atomic E-state index is 12.7. The lowest BCUT2D eigenvalue weighted by Crippen LogP contribution is -2.29. The summed E-state index contributed by atoms with van der Waals surface area (Å²) in [6, 6.07) is 0. The van der Waals surface area contributed by atoms with Crippen LogP contribution in [0.2, 0.25) is 0 Å². The quantitative estimate of drug-likeness (QED) is 0.0264. The van der Waals surface area contributed by atoms with Gasteiger partial charge in [-0.1, -0.05) is 228 Å². The average molecular weight is 1080 g/mol. The number of phosphoric acid groups is 1. The summed E-state index contributed by atoms with van der Waals surface area (Å²) >= 11 is 0. The number of carbonyl (C=O) groups excluding carboxylic acids is 2. The summed E-state index contributed by atoms with van der Waals surface area (Å²) in [7, 11) is -4.41. The maximum absolute atomic E-state index is 12.7. The highest BCUT2D eigenvalue weighted by Gasteiger charge is 2.26. The third-order valence-electron chi connectivity index (χ3n) is 11.3. The summed E-state index contributed by atoms with van der Waals surface area (Å²) in [5.74, 6) is -0.906. The highest BCUT2D eigenvalue weighted by molar-refractivity contribution is 7.47. The number of esters is 2. The van der Waals surface area contributed by atoms with Crippen LogP contribution in [0.25, 0.3) is 0 Å². The Hall–Kier alpha value is -4.89. The molecule has 0 aromatic heterocycles. The van der Waals surface area contributed by atoms with Crippen LogP contribution >= 0.6 is 7.82 Å². The van der Waals surface area contributed by atoms with E-state index >= 15 is 0 Å². The molecule has 0 aromatic carbocycles. The predicted molar refractivity (Wildman–Crippen MR) is 329 cm³/mol. The van der Waals surface area contributed by atoms with Gasteiger partial charge in [0.05, 0.1) is 13.2 Å². The van der Waals surface area contributed by atoms with Crippen molar-refractivity contribution in [2.75, 3.05) is 26.4 Å². The van der Waals surface area contributed by atoms with E-state index in [9.17, 15) is 19.0 Å². The van der Waals surface area contributed by atoms with E-state index in [1.807, 2.05) is 0 Å². The Labute approximate surface area is 469 Å². The van der Waals surface area contributed by atoms with Gasteiger partial charge in [0.1, 0.15) is 6.61 Å². The van der Waals surface area contributed by atoms with Gasteiger partial charge in [0.2, 0.25) is 0 Å². The van der Waals surface area contributed by atoms with Gasteiger partial charge in [0, 0.05) is 19.4 Å². The van der Waals surface area contributed by atoms with Crippen LogP contribution in [0.5, 0.6) is 0 Å². The zero-order chi connectivity index (χ0) is 55.9. The second-order valence-electron chi connectivity index (χ2n) is 18.4. The molecule has 0 aromatic rings. The van der Waals surface area contributed by atoms with Crippen molar-refractivity contribution >= 4 is 19.8 Å². The second kappa shape index (κ2) is 60.3. The Balaban J connectivity index is 4.05. The average Bonchev–Trinajstić information content (AvgIpc) is 3.42. The van der Waals surface area contributed by atoms with Crippen LogP contribution in [0.3, 0.4) is 0 Å². The number of carbonyl (C=O) groups is 2. The van der Waals surface area contributed by atoms with Crippen molar-refractivity contribution in [1.29, 1.82) is 0 Å². The zero-order valence-corrected chi connectivity index (χ0v) is 48.7. The minimum Gasteiger partial charge on any atom is -0.462 e. The lowest BCUT2D eigenvalue weighted by molar-refractivity contribution is -0.161. The number of nitrogens with two attached hydrogens (primary N) is 1. The van der Waals surface area contributed by atoms with Gasteiger partial charge in [0.25, 0.3) is 0 Å². The lowest BCUT2D eigenvalue weighted by atomic mass is 10.1. The fraction of sp³-hybridized carbons (Fsp3) is 0.522. The highest BCUT2D eigenvalue weighted by Crippen LogP contribution is 2.43. The van der Waals surface area contributed by atoms with E-state index in [1.54, 1.807) is 0 Å². The zero-order valence-electron chi connectivity index (χ0n) is 47.9. The number of rotatable bonds is 52. The van der Waals surface area contributed by atoms with Gasteiger partial charge >= 0.3 is 19.8 Å². The van der Waals surface area contributed by atoms with Gasteiger partial charge in [-0.25, -0.2) is 4.57 Å². The molecule has 0 radical (unpaired) electrons. The molecule has 9 nitrogen and oxygen atoms in total. The lowest BCUT2D eigenvalue weighted by Gasteiger charge is -2.19. The van der Waals surface area contributed by atoms with Crippen molar-refractivity contribution in [2.24, 2.45) is 5.73 Å². The maximum Gasteiger partial charge on any atom is 0.472 e. The molecule has 0 spiro atoms. The minimum absolute atomic E-state index is 0.0357. The molecule has 0 amide bonds. The van der Waals surface area contributed by atoms with Crippen LogP contribution in [0.4, 0.5) is 0 Å². The van der Waals surface area contributed by atoms with E-state index in [1.165, 1.54) is 12.8 Å². The van der Waals surface area contributed by atoms with Crippen LogP contribution in [-0.2, 0) is 32.7 Å². The van der Waals surface area contributed by atoms with Crippen molar-refractivity contribution in [2.45, 2.75) is 200 Å². The van der Waals surface area contributed by atoms with Crippen LogP contribution in [-0.4, -0.2) is 49.3 Å². The van der Waals surface area contributed by atoms with Crippen LogP contribution < -0.4 is 5.73 Å². The molecule has 0 aliphatic heterocycles. The monoisotopic (exact) mass is 1080 g/mol. The highest BCUT2D eigenvalue weighted by atomic mass is 31.2. The first-order chi connectivity index (χ1) is 37.8. The molecule has 2 atom stereocenters. The number of allylic oxidation sites excluding steroid dienone is 30. The largest absolute Gasteiger partial charge is 0.472 e. The molecule has 0 aliphatic rings. The van der Waals surface area contributed by atoms with Gasteiger partial charge in [-0.2, -0.15) is 0 Å². The number of hydrogen-bond acceptors (Lipinski definition) is 8. The molecule has 0 bridgehead atoms. The molecule has 10 heteroatoms. The molecule has 0 fully saturated rings. The van der Waals surface area contributed by atoms with Gasteiger partial charge in [-0.15, -0.1) is 0 Å². The van der Waals surface area contributed by atoms with Gasteiger partial charge in [0.15, 0.2) is 6.10 Å². The van der Waals surface area contributed by atoms with Crippen molar-refractivity contribution in [3.63, 3.8) is 0 Å². The van der Waals surface area contributed by atoms with Crippen molar-refractivity contribution < 1.29 is 37.6 Å². The number of unbranched alkanes of at least 4 members (excludes halogenated alkanes) is 9. The minimum atomic E-state index is -4.41. The molecular weight excluding hydrogens is 978 g/mol. The molecule has 3 N–H and O–H groups in total. The SMILES string of the molecule is CC/C=C\C/C=C\C/C=C\C/C=C\C/C=C\C/C=C\C/C=C\C/C=C\C/C=C\C/C=C\C/C=C\CCCCCCCCCC(=O)OC(COC(=O)CCCC/C=C\C/C=C\C/C=C\C/C=C\CC)COP(=O)(O)OCCN. The Morgan fingerprint density at radius 3 is 1.03 bits per heavy atom. The molecule has 430 valence electrons. The Bertz CT molecular complexity index is 1910. The van der Waals surface area contributed by atoms with Gasteiger partial charge in [-0.3, -0.25) is 18.6 Å². The molecule has 0 heterocycles. The number of hydrogen-bond donors (Lipinski definition) is 2. The summed E-state index contributed by atoms with van der Waals surface area (Å²) in [5, 5.41) is 0. The summed E-state index contributed by atoms with van der Waals surface area (Å²) in [4.78, 5) is 35.1. The Morgan fingerprint density at radius 1 is 0.390 bits per heavy atom. The molecular formula is C67H104NO8P.